The first-order chi connectivity index (χ1) is 22.3. The number of aromatic nitrogens is 3. The minimum absolute atomic E-state index is 0.102. The molecule has 1 aromatic carbocycles. The van der Waals surface area contributed by atoms with Gasteiger partial charge in [-0.1, -0.05) is 0 Å². The van der Waals surface area contributed by atoms with Crippen molar-refractivity contribution in [2.45, 2.75) is 88.9 Å². The van der Waals surface area contributed by atoms with Crippen LogP contribution in [-0.2, 0) is 6.18 Å². The maximum Gasteiger partial charge on any atom is 0.417 e. The molecule has 7 rings (SSSR count). The highest BCUT2D eigenvalue weighted by Crippen LogP contribution is 2.45. The third-order valence-electron chi connectivity index (χ3n) is 10.4. The van der Waals surface area contributed by atoms with E-state index in [1.54, 1.807) is 22.9 Å². The van der Waals surface area contributed by atoms with E-state index in [1.807, 2.05) is 0 Å². The SMILES string of the molecule is Cc1c(F)c(NI)cc(-c2ncc3c(N4CC5CCC(C4)N5C(C)C)nc(OC[C@@]45CCCN4C[C@H](F)C5)nc3c2F)c1C(F)(F)F. The van der Waals surface area contributed by atoms with Crippen molar-refractivity contribution in [3.63, 3.8) is 0 Å². The smallest absolute Gasteiger partial charge is 0.417 e. The zero-order valence-electron chi connectivity index (χ0n) is 26.3. The molecule has 0 saturated carbocycles. The molecule has 47 heavy (non-hydrogen) atoms. The summed E-state index contributed by atoms with van der Waals surface area (Å²) < 4.78 is 97.8. The zero-order chi connectivity index (χ0) is 33.4. The molecule has 1 N–H and O–H groups in total. The van der Waals surface area contributed by atoms with E-state index >= 15 is 4.39 Å². The molecule has 3 aromatic rings. The second-order valence-electron chi connectivity index (χ2n) is 13.6. The van der Waals surface area contributed by atoms with Crippen molar-refractivity contribution in [1.82, 2.24) is 24.8 Å². The minimum atomic E-state index is -4.99. The number of fused-ring (bicyclic) bond motifs is 4. The Hall–Kier alpha value is -2.66. The lowest BCUT2D eigenvalue weighted by atomic mass is 9.95. The van der Waals surface area contributed by atoms with E-state index in [2.05, 4.69) is 42.0 Å². The summed E-state index contributed by atoms with van der Waals surface area (Å²) in [6, 6.07) is 1.63. The number of hydrogen-bond donors (Lipinski definition) is 1. The molecule has 254 valence electrons. The third-order valence-corrected chi connectivity index (χ3v) is 11.0. The van der Waals surface area contributed by atoms with Crippen molar-refractivity contribution in [3.05, 3.63) is 35.0 Å². The van der Waals surface area contributed by atoms with E-state index < -0.39 is 51.9 Å². The quantitative estimate of drug-likeness (QED) is 0.155. The molecule has 0 amide bonds. The van der Waals surface area contributed by atoms with Crippen molar-refractivity contribution in [3.8, 4) is 17.3 Å². The highest BCUT2D eigenvalue weighted by Gasteiger charge is 2.49. The van der Waals surface area contributed by atoms with Crippen LogP contribution in [0.15, 0.2) is 12.3 Å². The molecule has 4 fully saturated rings. The summed E-state index contributed by atoms with van der Waals surface area (Å²) in [7, 11) is 0. The van der Waals surface area contributed by atoms with Crippen LogP contribution in [0.1, 0.15) is 57.1 Å². The summed E-state index contributed by atoms with van der Waals surface area (Å²) in [4.78, 5) is 20.0. The van der Waals surface area contributed by atoms with Gasteiger partial charge in [0.05, 0.1) is 45.0 Å². The van der Waals surface area contributed by atoms with Crippen molar-refractivity contribution in [1.29, 1.82) is 0 Å². The van der Waals surface area contributed by atoms with Gasteiger partial charge in [-0.3, -0.25) is 14.8 Å². The Balaban J connectivity index is 1.36. The highest BCUT2D eigenvalue weighted by atomic mass is 127. The number of nitrogens with zero attached hydrogens (tertiary/aromatic N) is 6. The number of alkyl halides is 4. The normalized spacial score (nSPS) is 26.5. The Morgan fingerprint density at radius 2 is 1.83 bits per heavy atom. The molecule has 0 aliphatic carbocycles. The Labute approximate surface area is 282 Å². The van der Waals surface area contributed by atoms with Gasteiger partial charge in [-0.05, 0) is 64.6 Å². The van der Waals surface area contributed by atoms with Gasteiger partial charge in [-0.25, -0.2) is 13.2 Å². The monoisotopic (exact) mass is 775 g/mol. The fraction of sp³-hybridized carbons (Fsp3) is 0.594. The van der Waals surface area contributed by atoms with Crippen molar-refractivity contribution in [2.24, 2.45) is 0 Å². The van der Waals surface area contributed by atoms with E-state index in [0.29, 0.717) is 37.9 Å². The molecule has 2 aromatic heterocycles. The average Bonchev–Trinajstić information content (AvgIpc) is 3.63. The first-order valence-corrected chi connectivity index (χ1v) is 17.1. The molecule has 6 heterocycles. The van der Waals surface area contributed by atoms with Crippen LogP contribution < -0.4 is 13.2 Å². The van der Waals surface area contributed by atoms with Gasteiger partial charge in [0.25, 0.3) is 0 Å². The molecule has 8 nitrogen and oxygen atoms in total. The number of ether oxygens (including phenoxy) is 1. The van der Waals surface area contributed by atoms with Gasteiger partial charge in [0.15, 0.2) is 11.6 Å². The molecular weight excluding hydrogens is 739 g/mol. The average molecular weight is 776 g/mol. The first-order valence-electron chi connectivity index (χ1n) is 16.0. The number of anilines is 2. The van der Waals surface area contributed by atoms with E-state index in [1.165, 1.54) is 6.20 Å². The lowest BCUT2D eigenvalue weighted by molar-refractivity contribution is -0.137. The van der Waals surface area contributed by atoms with Crippen LogP contribution in [0.25, 0.3) is 22.2 Å². The fourth-order valence-electron chi connectivity index (χ4n) is 8.53. The van der Waals surface area contributed by atoms with Crippen LogP contribution in [-0.4, -0.2) is 87.4 Å². The molecule has 15 heteroatoms. The van der Waals surface area contributed by atoms with E-state index in [4.69, 9.17) is 9.72 Å². The fourth-order valence-corrected chi connectivity index (χ4v) is 8.92. The molecule has 4 aliphatic rings. The number of halogens is 7. The van der Waals surface area contributed by atoms with Crippen molar-refractivity contribution < 1.29 is 31.1 Å². The van der Waals surface area contributed by atoms with E-state index in [9.17, 15) is 22.0 Å². The Morgan fingerprint density at radius 3 is 2.49 bits per heavy atom. The molecule has 4 atom stereocenters. The maximum atomic E-state index is 16.7. The Bertz CT molecular complexity index is 1700. The van der Waals surface area contributed by atoms with Crippen molar-refractivity contribution >= 4 is 45.3 Å². The molecule has 2 bridgehead atoms. The van der Waals surface area contributed by atoms with Crippen LogP contribution in [0, 0.1) is 18.6 Å². The third kappa shape index (κ3) is 5.57. The summed E-state index contributed by atoms with van der Waals surface area (Å²) >= 11 is 1.61. The minimum Gasteiger partial charge on any atom is -0.461 e. The predicted molar refractivity (Wildman–Crippen MR) is 175 cm³/mol. The van der Waals surface area contributed by atoms with Crippen LogP contribution in [0.5, 0.6) is 6.01 Å². The highest BCUT2D eigenvalue weighted by molar-refractivity contribution is 14.1. The number of piperazine rings is 1. The number of nitrogens with one attached hydrogen (secondary N) is 1. The largest absolute Gasteiger partial charge is 0.461 e. The predicted octanol–water partition coefficient (Wildman–Crippen LogP) is 7.08. The standard InChI is InChI=1S/C32H36F6IN7O/c1-16(2)46-19-5-6-20(46)14-44(13-19)29-22-11-40-27(21-9-23(43-39)25(34)17(3)24(21)32(36,37)38)26(35)28(22)41-30(42-29)47-15-31-7-4-8-45(31)12-18(33)10-31/h9,11,16,18-20,43H,4-8,10,12-15H2,1-3H3/t18-,19?,20?,31+/m1/s1. The Morgan fingerprint density at radius 1 is 1.11 bits per heavy atom. The molecule has 0 radical (unpaired) electrons. The molecule has 2 unspecified atom stereocenters. The lowest BCUT2D eigenvalue weighted by Crippen LogP contribution is -2.56. The van der Waals surface area contributed by atoms with Gasteiger partial charge in [-0.2, -0.15) is 23.1 Å². The molecule has 4 saturated heterocycles. The van der Waals surface area contributed by atoms with Crippen LogP contribution in [0.2, 0.25) is 0 Å². The van der Waals surface area contributed by atoms with Gasteiger partial charge in [0.1, 0.15) is 29.8 Å². The Kier molecular flexibility index (Phi) is 8.42. The number of hydrogen-bond acceptors (Lipinski definition) is 8. The summed E-state index contributed by atoms with van der Waals surface area (Å²) in [6.07, 6.45) is -0.710. The first kappa shape index (κ1) is 32.9. The molecule has 0 spiro atoms. The summed E-state index contributed by atoms with van der Waals surface area (Å²) in [5, 5.41) is 0.237. The number of rotatable bonds is 7. The van der Waals surface area contributed by atoms with Crippen LogP contribution in [0.4, 0.5) is 37.8 Å². The summed E-state index contributed by atoms with van der Waals surface area (Å²) in [6.45, 7) is 7.75. The number of pyridine rings is 1. The maximum absolute atomic E-state index is 16.7. The van der Waals surface area contributed by atoms with E-state index in [0.717, 1.165) is 45.2 Å². The summed E-state index contributed by atoms with van der Waals surface area (Å²) in [5.74, 6) is -1.80. The zero-order valence-corrected chi connectivity index (χ0v) is 28.4. The van der Waals surface area contributed by atoms with Crippen molar-refractivity contribution in [2.75, 3.05) is 41.2 Å². The lowest BCUT2D eigenvalue weighted by Gasteiger charge is -2.44. The van der Waals surface area contributed by atoms with Gasteiger partial charge in [0, 0.05) is 55.9 Å². The molecule has 4 aliphatic heterocycles. The topological polar surface area (TPSA) is 69.7 Å². The van der Waals surface area contributed by atoms with E-state index in [-0.39, 0.29) is 41.3 Å². The van der Waals surface area contributed by atoms with Gasteiger partial charge in [0.2, 0.25) is 0 Å². The second kappa shape index (κ2) is 12.0. The van der Waals surface area contributed by atoms with Crippen LogP contribution >= 0.6 is 22.9 Å². The second-order valence-corrected chi connectivity index (χ2v) is 14.1. The van der Waals surface area contributed by atoms with Gasteiger partial charge >= 0.3 is 12.2 Å². The summed E-state index contributed by atoms with van der Waals surface area (Å²) in [5.41, 5.74) is -4.21. The van der Waals surface area contributed by atoms with Crippen LogP contribution in [0.3, 0.4) is 0 Å². The number of benzene rings is 1. The molecular formula is C32H36F6IN7O. The van der Waals surface area contributed by atoms with Gasteiger partial charge in [-0.15, -0.1) is 0 Å². The van der Waals surface area contributed by atoms with Gasteiger partial charge < -0.3 is 13.2 Å².